The molecule has 3 aromatic rings. The van der Waals surface area contributed by atoms with Crippen LogP contribution < -0.4 is 5.32 Å². The molecule has 27 heavy (non-hydrogen) atoms. The molecule has 0 spiro atoms. The van der Waals surface area contributed by atoms with Crippen molar-refractivity contribution in [2.24, 2.45) is 0 Å². The van der Waals surface area contributed by atoms with Crippen LogP contribution in [0.2, 0.25) is 0 Å². The molecule has 2 aromatic heterocycles. The Morgan fingerprint density at radius 2 is 2.07 bits per heavy atom. The van der Waals surface area contributed by atoms with Gasteiger partial charge < -0.3 is 10.2 Å². The van der Waals surface area contributed by atoms with Gasteiger partial charge in [0.15, 0.2) is 0 Å². The van der Waals surface area contributed by atoms with Crippen LogP contribution in [0.5, 0.6) is 0 Å². The lowest BCUT2D eigenvalue weighted by Crippen LogP contribution is -2.27. The first-order valence-corrected chi connectivity index (χ1v) is 9.27. The number of benzene rings is 1. The Bertz CT molecular complexity index is 891. The van der Waals surface area contributed by atoms with Crippen LogP contribution in [0.1, 0.15) is 19.3 Å². The van der Waals surface area contributed by atoms with Gasteiger partial charge in [-0.05, 0) is 63.2 Å². The second-order valence-electron chi connectivity index (χ2n) is 6.91. The summed E-state index contributed by atoms with van der Waals surface area (Å²) >= 11 is 0. The van der Waals surface area contributed by atoms with E-state index in [1.165, 1.54) is 31.5 Å². The molecule has 1 unspecified atom stereocenters. The molecule has 1 fully saturated rings. The second-order valence-corrected chi connectivity index (χ2v) is 6.91. The van der Waals surface area contributed by atoms with Gasteiger partial charge in [-0.2, -0.15) is 5.10 Å². The van der Waals surface area contributed by atoms with E-state index in [0.29, 0.717) is 12.0 Å². The molecule has 0 bridgehead atoms. The molecule has 3 heterocycles. The maximum Gasteiger partial charge on any atom is 0.223 e. The van der Waals surface area contributed by atoms with Crippen molar-refractivity contribution in [2.75, 3.05) is 25.5 Å². The molecule has 1 N–H and O–H groups in total. The van der Waals surface area contributed by atoms with E-state index in [-0.39, 0.29) is 5.82 Å². The van der Waals surface area contributed by atoms with Crippen LogP contribution in [-0.2, 0) is 0 Å². The zero-order valence-electron chi connectivity index (χ0n) is 15.3. The minimum atomic E-state index is -0.263. The highest BCUT2D eigenvalue weighted by molar-refractivity contribution is 5.58. The average molecular weight is 366 g/mol. The fraction of sp³-hybridized carbons (Fsp3) is 0.350. The summed E-state index contributed by atoms with van der Waals surface area (Å²) in [6.07, 6.45) is 9.02. The number of likely N-dealkylation sites (tertiary alicyclic amines) is 1. The van der Waals surface area contributed by atoms with Crippen molar-refractivity contribution in [3.05, 3.63) is 54.7 Å². The zero-order valence-corrected chi connectivity index (χ0v) is 15.3. The molecular formula is C20H23FN6. The SMILES string of the molecule is CN1CCCC1CCNc1nccc(-c2cnn(-c3ccc(F)cc3)c2)n1. The summed E-state index contributed by atoms with van der Waals surface area (Å²) in [6.45, 7) is 2.04. The third kappa shape index (κ3) is 4.14. The molecule has 1 aromatic carbocycles. The average Bonchev–Trinajstić information content (AvgIpc) is 3.32. The van der Waals surface area contributed by atoms with Gasteiger partial charge in [-0.25, -0.2) is 19.0 Å². The quantitative estimate of drug-likeness (QED) is 0.725. The number of nitrogens with one attached hydrogen (secondary N) is 1. The summed E-state index contributed by atoms with van der Waals surface area (Å²) in [4.78, 5) is 11.3. The van der Waals surface area contributed by atoms with Crippen LogP contribution in [0.3, 0.4) is 0 Å². The van der Waals surface area contributed by atoms with E-state index in [1.54, 1.807) is 29.2 Å². The Kier molecular flexibility index (Phi) is 5.11. The highest BCUT2D eigenvalue weighted by Gasteiger charge is 2.20. The Morgan fingerprint density at radius 3 is 2.85 bits per heavy atom. The van der Waals surface area contributed by atoms with Crippen molar-refractivity contribution in [1.29, 1.82) is 0 Å². The Hall–Kier alpha value is -2.80. The molecule has 4 rings (SSSR count). The Morgan fingerprint density at radius 1 is 1.22 bits per heavy atom. The van der Waals surface area contributed by atoms with E-state index in [1.807, 2.05) is 12.3 Å². The van der Waals surface area contributed by atoms with Gasteiger partial charge in [-0.15, -0.1) is 0 Å². The normalized spacial score (nSPS) is 17.3. The molecule has 0 aliphatic carbocycles. The van der Waals surface area contributed by atoms with Crippen LogP contribution in [0.25, 0.3) is 16.9 Å². The minimum Gasteiger partial charge on any atom is -0.354 e. The third-order valence-corrected chi connectivity index (χ3v) is 5.06. The van der Waals surface area contributed by atoms with Crippen molar-refractivity contribution in [3.8, 4) is 16.9 Å². The summed E-state index contributed by atoms with van der Waals surface area (Å²) in [5.41, 5.74) is 2.50. The van der Waals surface area contributed by atoms with E-state index >= 15 is 0 Å². The number of anilines is 1. The molecule has 0 saturated carbocycles. The van der Waals surface area contributed by atoms with Gasteiger partial charge in [-0.1, -0.05) is 0 Å². The van der Waals surface area contributed by atoms with Crippen LogP contribution in [-0.4, -0.2) is 50.8 Å². The van der Waals surface area contributed by atoms with Crippen molar-refractivity contribution in [1.82, 2.24) is 24.6 Å². The van der Waals surface area contributed by atoms with Gasteiger partial charge in [0.2, 0.25) is 5.95 Å². The monoisotopic (exact) mass is 366 g/mol. The van der Waals surface area contributed by atoms with E-state index < -0.39 is 0 Å². The van der Waals surface area contributed by atoms with Crippen molar-refractivity contribution < 1.29 is 4.39 Å². The molecular weight excluding hydrogens is 343 g/mol. The lowest BCUT2D eigenvalue weighted by molar-refractivity contribution is 0.301. The van der Waals surface area contributed by atoms with E-state index in [2.05, 4.69) is 32.3 Å². The summed E-state index contributed by atoms with van der Waals surface area (Å²) < 4.78 is 14.8. The van der Waals surface area contributed by atoms with Gasteiger partial charge in [0.1, 0.15) is 5.82 Å². The Labute approximate surface area is 158 Å². The summed E-state index contributed by atoms with van der Waals surface area (Å²) in [5.74, 6) is 0.365. The van der Waals surface area contributed by atoms with Crippen LogP contribution in [0.4, 0.5) is 10.3 Å². The van der Waals surface area contributed by atoms with Gasteiger partial charge in [-0.3, -0.25) is 0 Å². The highest BCUT2D eigenvalue weighted by atomic mass is 19.1. The van der Waals surface area contributed by atoms with Crippen molar-refractivity contribution in [2.45, 2.75) is 25.3 Å². The fourth-order valence-corrected chi connectivity index (χ4v) is 3.49. The smallest absolute Gasteiger partial charge is 0.223 e. The van der Waals surface area contributed by atoms with Crippen molar-refractivity contribution in [3.63, 3.8) is 0 Å². The topological polar surface area (TPSA) is 58.9 Å². The van der Waals surface area contributed by atoms with Gasteiger partial charge in [0.25, 0.3) is 0 Å². The number of hydrogen-bond donors (Lipinski definition) is 1. The number of aromatic nitrogens is 4. The van der Waals surface area contributed by atoms with E-state index in [0.717, 1.165) is 29.9 Å². The molecule has 140 valence electrons. The largest absolute Gasteiger partial charge is 0.354 e. The van der Waals surface area contributed by atoms with Crippen LogP contribution >= 0.6 is 0 Å². The number of rotatable bonds is 6. The minimum absolute atomic E-state index is 0.263. The summed E-state index contributed by atoms with van der Waals surface area (Å²) in [6, 6.07) is 8.74. The lowest BCUT2D eigenvalue weighted by atomic mass is 10.1. The first kappa shape index (κ1) is 17.6. The standard InChI is InChI=1S/C20H23FN6/c1-26-12-2-3-17(26)8-10-22-20-23-11-9-19(25-20)15-13-24-27(14-15)18-6-4-16(21)5-7-18/h4-7,9,11,13-14,17H,2-3,8,10,12H2,1H3,(H,22,23,25). The molecule has 6 nitrogen and oxygen atoms in total. The zero-order chi connectivity index (χ0) is 18.6. The fourth-order valence-electron chi connectivity index (χ4n) is 3.49. The molecule has 1 aliphatic rings. The van der Waals surface area contributed by atoms with Crippen LogP contribution in [0.15, 0.2) is 48.9 Å². The van der Waals surface area contributed by atoms with Crippen molar-refractivity contribution >= 4 is 5.95 Å². The summed E-state index contributed by atoms with van der Waals surface area (Å²) in [5, 5.41) is 7.68. The number of halogens is 1. The summed E-state index contributed by atoms with van der Waals surface area (Å²) in [7, 11) is 2.19. The molecule has 0 amide bonds. The predicted octanol–water partition coefficient (Wildman–Crippen LogP) is 3.36. The van der Waals surface area contributed by atoms with Gasteiger partial charge >= 0.3 is 0 Å². The maximum absolute atomic E-state index is 13.1. The number of hydrogen-bond acceptors (Lipinski definition) is 5. The molecule has 1 atom stereocenters. The number of nitrogens with zero attached hydrogens (tertiary/aromatic N) is 5. The molecule has 0 radical (unpaired) electrons. The predicted molar refractivity (Wildman–Crippen MR) is 103 cm³/mol. The van der Waals surface area contributed by atoms with Gasteiger partial charge in [0.05, 0.1) is 17.6 Å². The van der Waals surface area contributed by atoms with Gasteiger partial charge in [0, 0.05) is 30.5 Å². The first-order valence-electron chi connectivity index (χ1n) is 9.27. The molecule has 1 aliphatic heterocycles. The van der Waals surface area contributed by atoms with E-state index in [9.17, 15) is 4.39 Å². The molecule has 1 saturated heterocycles. The molecule has 7 heteroatoms. The maximum atomic E-state index is 13.1. The lowest BCUT2D eigenvalue weighted by Gasteiger charge is -2.19. The van der Waals surface area contributed by atoms with Crippen LogP contribution in [0, 0.1) is 5.82 Å². The third-order valence-electron chi connectivity index (χ3n) is 5.06. The second kappa shape index (κ2) is 7.84. The first-order chi connectivity index (χ1) is 13.2. The van der Waals surface area contributed by atoms with E-state index in [4.69, 9.17) is 0 Å². The highest BCUT2D eigenvalue weighted by Crippen LogP contribution is 2.20. The Balaban J connectivity index is 1.42.